The van der Waals surface area contributed by atoms with Gasteiger partial charge < -0.3 is 14.2 Å². The van der Waals surface area contributed by atoms with E-state index in [-0.39, 0.29) is 0 Å². The lowest BCUT2D eigenvalue weighted by Gasteiger charge is -2.27. The van der Waals surface area contributed by atoms with Crippen LogP contribution in [0.1, 0.15) is 11.3 Å². The van der Waals surface area contributed by atoms with Crippen LogP contribution >= 0.6 is 23.4 Å². The van der Waals surface area contributed by atoms with Crippen LogP contribution in [0.4, 0.5) is 5.95 Å². The monoisotopic (exact) mass is 467 g/mol. The van der Waals surface area contributed by atoms with E-state index in [1.165, 1.54) is 5.56 Å². The minimum absolute atomic E-state index is 0.591. The standard InChI is InChI=1S/C23H22ClN5O2S/c1-16-2-8-19(9-3-16)29-22(28-10-12-30-13-11-28)25-26-23(29)32-15-20-14-21(27-31-20)17-4-6-18(24)7-5-17/h2-9,14H,10-13,15H2,1H3. The van der Waals surface area contributed by atoms with Crippen molar-refractivity contribution in [3.05, 3.63) is 70.9 Å². The summed E-state index contributed by atoms with van der Waals surface area (Å²) in [7, 11) is 0. The summed E-state index contributed by atoms with van der Waals surface area (Å²) in [5, 5.41) is 14.7. The van der Waals surface area contributed by atoms with E-state index in [0.29, 0.717) is 24.0 Å². The summed E-state index contributed by atoms with van der Waals surface area (Å²) in [5.74, 6) is 2.19. The van der Waals surface area contributed by atoms with Gasteiger partial charge in [-0.2, -0.15) is 0 Å². The van der Waals surface area contributed by atoms with Crippen LogP contribution in [0.25, 0.3) is 16.9 Å². The first-order valence-corrected chi connectivity index (χ1v) is 11.7. The number of thioether (sulfide) groups is 1. The third-order valence-corrected chi connectivity index (χ3v) is 6.45. The van der Waals surface area contributed by atoms with E-state index in [0.717, 1.165) is 46.9 Å². The van der Waals surface area contributed by atoms with Crippen LogP contribution in [0.15, 0.2) is 64.3 Å². The molecule has 0 radical (unpaired) electrons. The first-order valence-electron chi connectivity index (χ1n) is 10.4. The fourth-order valence-corrected chi connectivity index (χ4v) is 4.47. The Bertz CT molecular complexity index is 1180. The van der Waals surface area contributed by atoms with Gasteiger partial charge in [-0.25, -0.2) is 0 Å². The Morgan fingerprint density at radius 3 is 2.50 bits per heavy atom. The van der Waals surface area contributed by atoms with Gasteiger partial charge in [0.2, 0.25) is 5.95 Å². The van der Waals surface area contributed by atoms with Gasteiger partial charge in [0.05, 0.1) is 24.7 Å². The molecule has 164 valence electrons. The van der Waals surface area contributed by atoms with E-state index < -0.39 is 0 Å². The number of rotatable bonds is 6. The van der Waals surface area contributed by atoms with Crippen molar-refractivity contribution in [3.63, 3.8) is 0 Å². The van der Waals surface area contributed by atoms with Gasteiger partial charge in [-0.1, -0.05) is 58.3 Å². The largest absolute Gasteiger partial charge is 0.378 e. The Morgan fingerprint density at radius 1 is 1.00 bits per heavy atom. The fourth-order valence-electron chi connectivity index (χ4n) is 3.52. The van der Waals surface area contributed by atoms with Crippen LogP contribution in [-0.4, -0.2) is 46.2 Å². The molecule has 5 rings (SSSR count). The van der Waals surface area contributed by atoms with Crippen LogP contribution in [0.5, 0.6) is 0 Å². The number of morpholine rings is 1. The predicted molar refractivity (Wildman–Crippen MR) is 126 cm³/mol. The first-order chi connectivity index (χ1) is 15.7. The molecule has 1 aliphatic rings. The lowest BCUT2D eigenvalue weighted by atomic mass is 10.1. The maximum Gasteiger partial charge on any atom is 0.232 e. The van der Waals surface area contributed by atoms with E-state index in [4.69, 9.17) is 20.9 Å². The Hall–Kier alpha value is -2.81. The zero-order valence-electron chi connectivity index (χ0n) is 17.6. The lowest BCUT2D eigenvalue weighted by Crippen LogP contribution is -2.37. The molecule has 0 atom stereocenters. The van der Waals surface area contributed by atoms with Crippen molar-refractivity contribution in [2.45, 2.75) is 17.8 Å². The molecule has 0 amide bonds. The molecule has 0 spiro atoms. The van der Waals surface area contributed by atoms with Gasteiger partial charge in [0.25, 0.3) is 0 Å². The summed E-state index contributed by atoms with van der Waals surface area (Å²) >= 11 is 7.55. The number of aryl methyl sites for hydroxylation is 1. The van der Waals surface area contributed by atoms with Crippen LogP contribution in [0, 0.1) is 6.92 Å². The van der Waals surface area contributed by atoms with Gasteiger partial charge in [-0.15, -0.1) is 10.2 Å². The van der Waals surface area contributed by atoms with Gasteiger partial charge in [0, 0.05) is 29.7 Å². The molecule has 0 N–H and O–H groups in total. The molecule has 2 aromatic carbocycles. The second-order valence-electron chi connectivity index (χ2n) is 7.53. The minimum Gasteiger partial charge on any atom is -0.378 e. The van der Waals surface area contributed by atoms with E-state index in [1.807, 2.05) is 30.3 Å². The van der Waals surface area contributed by atoms with Gasteiger partial charge in [0.15, 0.2) is 5.16 Å². The minimum atomic E-state index is 0.591. The SMILES string of the molecule is Cc1ccc(-n2c(SCc3cc(-c4ccc(Cl)cc4)no3)nnc2N2CCOCC2)cc1. The van der Waals surface area contributed by atoms with Crippen molar-refractivity contribution in [1.29, 1.82) is 0 Å². The molecule has 0 saturated carbocycles. The summed E-state index contributed by atoms with van der Waals surface area (Å²) in [4.78, 5) is 2.22. The molecule has 32 heavy (non-hydrogen) atoms. The van der Waals surface area contributed by atoms with Gasteiger partial charge >= 0.3 is 0 Å². The van der Waals surface area contributed by atoms with Crippen molar-refractivity contribution < 1.29 is 9.26 Å². The van der Waals surface area contributed by atoms with Crippen LogP contribution < -0.4 is 4.90 Å². The molecule has 4 aromatic rings. The highest BCUT2D eigenvalue weighted by molar-refractivity contribution is 7.98. The Balaban J connectivity index is 1.39. The van der Waals surface area contributed by atoms with E-state index in [9.17, 15) is 0 Å². The highest BCUT2D eigenvalue weighted by Crippen LogP contribution is 2.30. The van der Waals surface area contributed by atoms with Crippen molar-refractivity contribution in [3.8, 4) is 16.9 Å². The number of benzene rings is 2. The van der Waals surface area contributed by atoms with Crippen LogP contribution in [0.3, 0.4) is 0 Å². The van der Waals surface area contributed by atoms with Gasteiger partial charge in [-0.3, -0.25) is 4.57 Å². The van der Waals surface area contributed by atoms with Crippen molar-refractivity contribution in [2.75, 3.05) is 31.2 Å². The lowest BCUT2D eigenvalue weighted by molar-refractivity contribution is 0.122. The molecule has 1 fully saturated rings. The highest BCUT2D eigenvalue weighted by atomic mass is 35.5. The van der Waals surface area contributed by atoms with E-state index in [2.05, 4.69) is 56.0 Å². The number of hydrogen-bond donors (Lipinski definition) is 0. The van der Waals surface area contributed by atoms with Crippen molar-refractivity contribution >= 4 is 29.3 Å². The Kier molecular flexibility index (Phi) is 6.16. The first kappa shape index (κ1) is 21.1. The second kappa shape index (κ2) is 9.36. The third kappa shape index (κ3) is 4.53. The Morgan fingerprint density at radius 2 is 1.75 bits per heavy atom. The third-order valence-electron chi connectivity index (χ3n) is 5.24. The molecular formula is C23H22ClN5O2S. The molecule has 1 aliphatic heterocycles. The molecule has 3 heterocycles. The zero-order valence-corrected chi connectivity index (χ0v) is 19.1. The van der Waals surface area contributed by atoms with Crippen molar-refractivity contribution in [1.82, 2.24) is 19.9 Å². The van der Waals surface area contributed by atoms with Crippen LogP contribution in [-0.2, 0) is 10.5 Å². The van der Waals surface area contributed by atoms with Gasteiger partial charge in [0.1, 0.15) is 11.5 Å². The Labute approximate surface area is 195 Å². The second-order valence-corrected chi connectivity index (χ2v) is 8.91. The zero-order chi connectivity index (χ0) is 21.9. The molecule has 9 heteroatoms. The average Bonchev–Trinajstić information content (AvgIpc) is 3.47. The summed E-state index contributed by atoms with van der Waals surface area (Å²) in [5.41, 5.74) is 3.99. The summed E-state index contributed by atoms with van der Waals surface area (Å²) < 4.78 is 13.2. The number of anilines is 1. The quantitative estimate of drug-likeness (QED) is 0.369. The van der Waals surface area contributed by atoms with Crippen LogP contribution in [0.2, 0.25) is 5.02 Å². The summed E-state index contributed by atoms with van der Waals surface area (Å²) in [6.07, 6.45) is 0. The average molecular weight is 468 g/mol. The molecule has 1 saturated heterocycles. The molecule has 0 aliphatic carbocycles. The molecule has 0 bridgehead atoms. The topological polar surface area (TPSA) is 69.2 Å². The highest BCUT2D eigenvalue weighted by Gasteiger charge is 2.22. The number of hydrogen-bond acceptors (Lipinski definition) is 7. The smallest absolute Gasteiger partial charge is 0.232 e. The summed E-state index contributed by atoms with van der Waals surface area (Å²) in [6, 6.07) is 17.9. The maximum atomic E-state index is 5.98. The summed E-state index contributed by atoms with van der Waals surface area (Å²) in [6.45, 7) is 5.04. The number of ether oxygens (including phenoxy) is 1. The van der Waals surface area contributed by atoms with E-state index in [1.54, 1.807) is 11.8 Å². The van der Waals surface area contributed by atoms with Crippen molar-refractivity contribution in [2.24, 2.45) is 0 Å². The molecule has 7 nitrogen and oxygen atoms in total. The maximum absolute atomic E-state index is 5.98. The normalized spacial score (nSPS) is 14.1. The number of halogens is 1. The predicted octanol–water partition coefficient (Wildman–Crippen LogP) is 5.01. The number of nitrogens with zero attached hydrogens (tertiary/aromatic N) is 5. The molecule has 2 aromatic heterocycles. The van der Waals surface area contributed by atoms with Gasteiger partial charge in [-0.05, 0) is 31.2 Å². The van der Waals surface area contributed by atoms with E-state index >= 15 is 0 Å². The molecule has 0 unspecified atom stereocenters. The molecular weight excluding hydrogens is 446 g/mol. The number of aromatic nitrogens is 4. The fraction of sp³-hybridized carbons (Fsp3) is 0.261.